The number of hydrogen-bond donors (Lipinski definition) is 1. The van der Waals surface area contributed by atoms with Crippen molar-refractivity contribution in [3.05, 3.63) is 25.9 Å². The van der Waals surface area contributed by atoms with Gasteiger partial charge < -0.3 is 4.98 Å². The van der Waals surface area contributed by atoms with Crippen LogP contribution in [-0.4, -0.2) is 9.97 Å². The summed E-state index contributed by atoms with van der Waals surface area (Å²) in [6, 6.07) is 1.45. The Morgan fingerprint density at radius 2 is 2.44 bits per heavy atom. The minimum Gasteiger partial charge on any atom is -0.311 e. The summed E-state index contributed by atoms with van der Waals surface area (Å²) < 4.78 is 0.730. The van der Waals surface area contributed by atoms with Gasteiger partial charge in [0, 0.05) is 6.07 Å². The van der Waals surface area contributed by atoms with Crippen molar-refractivity contribution in [3.63, 3.8) is 0 Å². The maximum atomic E-state index is 10.6. The van der Waals surface area contributed by atoms with Gasteiger partial charge in [0.1, 0.15) is 9.53 Å². The molecule has 1 heterocycles. The van der Waals surface area contributed by atoms with E-state index in [1.54, 1.807) is 6.92 Å². The fourth-order valence-corrected chi connectivity index (χ4v) is 1.19. The van der Waals surface area contributed by atoms with Gasteiger partial charge in [-0.2, -0.15) is 0 Å². The summed E-state index contributed by atoms with van der Waals surface area (Å²) in [5.74, 6) is 0.659. The first-order valence-corrected chi connectivity index (χ1v) is 3.50. The number of aryl methyl sites for hydroxylation is 1. The second-order valence-corrected chi connectivity index (χ2v) is 2.76. The summed E-state index contributed by atoms with van der Waals surface area (Å²) in [5, 5.41) is 0. The molecule has 0 bridgehead atoms. The highest BCUT2D eigenvalue weighted by Gasteiger charge is 1.90. The lowest BCUT2D eigenvalue weighted by atomic mass is 10.6. The number of aromatic amines is 1. The fourth-order valence-electron chi connectivity index (χ4n) is 0.543. The van der Waals surface area contributed by atoms with Crippen LogP contribution in [0.3, 0.4) is 0 Å². The van der Waals surface area contributed by atoms with Crippen LogP contribution in [0.2, 0.25) is 0 Å². The zero-order valence-electron chi connectivity index (χ0n) is 4.81. The molecule has 0 aliphatic rings. The summed E-state index contributed by atoms with van der Waals surface area (Å²) >= 11 is 2.00. The molecule has 0 amide bonds. The topological polar surface area (TPSA) is 45.8 Å². The van der Waals surface area contributed by atoms with Crippen molar-refractivity contribution in [2.45, 2.75) is 6.92 Å². The molecule has 1 aromatic rings. The monoisotopic (exact) mass is 236 g/mol. The van der Waals surface area contributed by atoms with Crippen molar-refractivity contribution in [3.8, 4) is 0 Å². The van der Waals surface area contributed by atoms with Crippen molar-refractivity contribution >= 4 is 22.6 Å². The molecule has 0 aromatic carbocycles. The smallest absolute Gasteiger partial charge is 0.251 e. The molecular formula is C5H5IN2O. The number of hydrogen-bond acceptors (Lipinski definition) is 2. The molecule has 0 spiro atoms. The number of halogens is 1. The van der Waals surface area contributed by atoms with E-state index < -0.39 is 0 Å². The first-order valence-electron chi connectivity index (χ1n) is 2.42. The SMILES string of the molecule is Cc1nc(I)cc(=O)[nH]1. The molecule has 0 fully saturated rings. The van der Waals surface area contributed by atoms with E-state index in [1.807, 2.05) is 22.6 Å². The van der Waals surface area contributed by atoms with Crippen molar-refractivity contribution in [1.82, 2.24) is 9.97 Å². The number of rotatable bonds is 0. The lowest BCUT2D eigenvalue weighted by molar-refractivity contribution is 0.998. The van der Waals surface area contributed by atoms with Gasteiger partial charge in [-0.15, -0.1) is 0 Å². The minimum absolute atomic E-state index is 0.0908. The maximum absolute atomic E-state index is 10.6. The van der Waals surface area contributed by atoms with Crippen LogP contribution >= 0.6 is 22.6 Å². The number of aromatic nitrogens is 2. The predicted molar refractivity (Wildman–Crippen MR) is 42.3 cm³/mol. The third kappa shape index (κ3) is 1.78. The Kier molecular flexibility index (Phi) is 1.84. The van der Waals surface area contributed by atoms with E-state index in [0.29, 0.717) is 5.82 Å². The van der Waals surface area contributed by atoms with Gasteiger partial charge in [0.15, 0.2) is 0 Å². The standard InChI is InChI=1S/C5H5IN2O/c1-3-7-4(6)2-5(9)8-3/h2H,1H3,(H,7,8,9). The van der Waals surface area contributed by atoms with Crippen LogP contribution in [-0.2, 0) is 0 Å². The van der Waals surface area contributed by atoms with E-state index in [1.165, 1.54) is 6.07 Å². The van der Waals surface area contributed by atoms with E-state index in [-0.39, 0.29) is 5.56 Å². The zero-order valence-corrected chi connectivity index (χ0v) is 6.97. The number of H-pyrrole nitrogens is 1. The molecule has 0 radical (unpaired) electrons. The minimum atomic E-state index is -0.0908. The van der Waals surface area contributed by atoms with Crippen LogP contribution < -0.4 is 5.56 Å². The second kappa shape index (κ2) is 2.47. The van der Waals surface area contributed by atoms with E-state index in [0.717, 1.165) is 3.70 Å². The first-order chi connectivity index (χ1) is 4.18. The Balaban J connectivity index is 3.33. The lowest BCUT2D eigenvalue weighted by Crippen LogP contribution is -2.08. The Morgan fingerprint density at radius 3 is 2.89 bits per heavy atom. The molecule has 1 N–H and O–H groups in total. The van der Waals surface area contributed by atoms with Crippen LogP contribution in [0.5, 0.6) is 0 Å². The number of nitrogens with one attached hydrogen (secondary N) is 1. The third-order valence-electron chi connectivity index (χ3n) is 0.829. The highest BCUT2D eigenvalue weighted by molar-refractivity contribution is 14.1. The Bertz CT molecular complexity index is 245. The lowest BCUT2D eigenvalue weighted by Gasteiger charge is -1.89. The van der Waals surface area contributed by atoms with E-state index in [4.69, 9.17) is 0 Å². The number of nitrogens with zero attached hydrogens (tertiary/aromatic N) is 1. The predicted octanol–water partition coefficient (Wildman–Crippen LogP) is 0.683. The van der Waals surface area contributed by atoms with E-state index in [2.05, 4.69) is 9.97 Å². The Labute approximate surface area is 65.7 Å². The molecule has 4 heteroatoms. The highest BCUT2D eigenvalue weighted by atomic mass is 127. The van der Waals surface area contributed by atoms with Crippen LogP contribution in [0.1, 0.15) is 5.82 Å². The van der Waals surface area contributed by atoms with Gasteiger partial charge in [0.05, 0.1) is 0 Å². The summed E-state index contributed by atoms with van der Waals surface area (Å²) in [7, 11) is 0. The molecule has 1 rings (SSSR count). The molecule has 0 aliphatic carbocycles. The fraction of sp³-hybridized carbons (Fsp3) is 0.200. The Morgan fingerprint density at radius 1 is 1.78 bits per heavy atom. The van der Waals surface area contributed by atoms with Crippen LogP contribution in [0.15, 0.2) is 10.9 Å². The largest absolute Gasteiger partial charge is 0.311 e. The van der Waals surface area contributed by atoms with Crippen molar-refractivity contribution in [2.75, 3.05) is 0 Å². The highest BCUT2D eigenvalue weighted by Crippen LogP contribution is 1.93. The van der Waals surface area contributed by atoms with Crippen LogP contribution in [0.25, 0.3) is 0 Å². The van der Waals surface area contributed by atoms with Gasteiger partial charge in [-0.25, -0.2) is 4.98 Å². The third-order valence-corrected chi connectivity index (χ3v) is 1.38. The summed E-state index contributed by atoms with van der Waals surface area (Å²) in [4.78, 5) is 17.1. The van der Waals surface area contributed by atoms with Gasteiger partial charge in [0.2, 0.25) is 0 Å². The van der Waals surface area contributed by atoms with Gasteiger partial charge in [-0.3, -0.25) is 4.79 Å². The molecule has 48 valence electrons. The molecule has 3 nitrogen and oxygen atoms in total. The van der Waals surface area contributed by atoms with Crippen molar-refractivity contribution in [2.24, 2.45) is 0 Å². The van der Waals surface area contributed by atoms with Crippen LogP contribution in [0, 0.1) is 10.6 Å². The molecule has 0 saturated heterocycles. The summed E-state index contributed by atoms with van der Waals surface area (Å²) in [5.41, 5.74) is -0.0908. The maximum Gasteiger partial charge on any atom is 0.251 e. The average molecular weight is 236 g/mol. The first kappa shape index (κ1) is 6.73. The average Bonchev–Trinajstić information content (AvgIpc) is 1.59. The van der Waals surface area contributed by atoms with Crippen molar-refractivity contribution in [1.29, 1.82) is 0 Å². The summed E-state index contributed by atoms with van der Waals surface area (Å²) in [6.07, 6.45) is 0. The molecule has 0 aliphatic heterocycles. The van der Waals surface area contributed by atoms with Gasteiger partial charge >= 0.3 is 0 Å². The van der Waals surface area contributed by atoms with Crippen molar-refractivity contribution < 1.29 is 0 Å². The molecule has 0 atom stereocenters. The molecule has 9 heavy (non-hydrogen) atoms. The van der Waals surface area contributed by atoms with Crippen LogP contribution in [0.4, 0.5) is 0 Å². The van der Waals surface area contributed by atoms with Gasteiger partial charge in [0.25, 0.3) is 5.56 Å². The van der Waals surface area contributed by atoms with E-state index >= 15 is 0 Å². The zero-order chi connectivity index (χ0) is 6.85. The quantitative estimate of drug-likeness (QED) is 0.531. The second-order valence-electron chi connectivity index (χ2n) is 1.65. The molecule has 0 saturated carbocycles. The molecule has 0 unspecified atom stereocenters. The molecule has 1 aromatic heterocycles. The summed E-state index contributed by atoms with van der Waals surface area (Å²) in [6.45, 7) is 1.75. The van der Waals surface area contributed by atoms with Gasteiger partial charge in [-0.1, -0.05) is 0 Å². The van der Waals surface area contributed by atoms with Gasteiger partial charge in [-0.05, 0) is 29.5 Å². The Hall–Kier alpha value is -0.390. The van der Waals surface area contributed by atoms with E-state index in [9.17, 15) is 4.79 Å². The molecular weight excluding hydrogens is 231 g/mol. The normalized spacial score (nSPS) is 9.56.